The van der Waals surface area contributed by atoms with Crippen LogP contribution in [0.15, 0.2) is 4.52 Å². The van der Waals surface area contributed by atoms with E-state index < -0.39 is 0 Å². The Labute approximate surface area is 126 Å². The van der Waals surface area contributed by atoms with Gasteiger partial charge in [-0.2, -0.15) is 4.98 Å². The number of aryl methyl sites for hydroxylation is 1. The molecule has 0 spiro atoms. The molecule has 2 rings (SSSR count). The van der Waals surface area contributed by atoms with E-state index in [1.807, 2.05) is 4.90 Å². The van der Waals surface area contributed by atoms with Gasteiger partial charge in [0.25, 0.3) is 0 Å². The first-order valence-corrected chi connectivity index (χ1v) is 8.13. The predicted molar refractivity (Wildman–Crippen MR) is 79.9 cm³/mol. The van der Waals surface area contributed by atoms with Gasteiger partial charge in [0.1, 0.15) is 6.04 Å². The number of amides is 2. The number of piperidine rings is 1. The van der Waals surface area contributed by atoms with Crippen LogP contribution in [0.25, 0.3) is 0 Å². The van der Waals surface area contributed by atoms with Crippen LogP contribution in [0.3, 0.4) is 0 Å². The van der Waals surface area contributed by atoms with Crippen molar-refractivity contribution in [3.8, 4) is 0 Å². The predicted octanol–water partition coefficient (Wildman–Crippen LogP) is 3.06. The van der Waals surface area contributed by atoms with Crippen molar-refractivity contribution in [3.05, 3.63) is 11.7 Å². The maximum Gasteiger partial charge on any atom is 0.318 e. The van der Waals surface area contributed by atoms with Gasteiger partial charge in [0.05, 0.1) is 0 Å². The van der Waals surface area contributed by atoms with Gasteiger partial charge in [-0.25, -0.2) is 4.79 Å². The molecule has 0 unspecified atom stereocenters. The fourth-order valence-electron chi connectivity index (χ4n) is 2.63. The number of hydrogen-bond acceptors (Lipinski definition) is 4. The molecule has 118 valence electrons. The van der Waals surface area contributed by atoms with E-state index in [0.717, 1.165) is 63.9 Å². The summed E-state index contributed by atoms with van der Waals surface area (Å²) >= 11 is 0. The van der Waals surface area contributed by atoms with Crippen molar-refractivity contribution in [2.45, 2.75) is 64.8 Å². The fourth-order valence-corrected chi connectivity index (χ4v) is 2.63. The van der Waals surface area contributed by atoms with Gasteiger partial charge in [-0.05, 0) is 32.1 Å². The molecule has 1 aromatic heterocycles. The molecule has 21 heavy (non-hydrogen) atoms. The van der Waals surface area contributed by atoms with Crippen molar-refractivity contribution in [1.29, 1.82) is 0 Å². The van der Waals surface area contributed by atoms with Crippen molar-refractivity contribution >= 4 is 6.03 Å². The zero-order valence-corrected chi connectivity index (χ0v) is 13.1. The van der Waals surface area contributed by atoms with E-state index in [9.17, 15) is 4.79 Å². The minimum atomic E-state index is -0.0708. The molecule has 0 bridgehead atoms. The van der Waals surface area contributed by atoms with Gasteiger partial charge in [-0.15, -0.1) is 0 Å². The van der Waals surface area contributed by atoms with E-state index in [-0.39, 0.29) is 12.1 Å². The van der Waals surface area contributed by atoms with Crippen LogP contribution in [0.5, 0.6) is 0 Å². The zero-order valence-electron chi connectivity index (χ0n) is 13.1. The van der Waals surface area contributed by atoms with Crippen molar-refractivity contribution in [2.75, 3.05) is 13.1 Å². The molecule has 1 aliphatic heterocycles. The summed E-state index contributed by atoms with van der Waals surface area (Å²) in [7, 11) is 0. The molecule has 2 amide bonds. The fraction of sp³-hybridized carbons (Fsp3) is 0.800. The lowest BCUT2D eigenvalue weighted by molar-refractivity contribution is 0.132. The van der Waals surface area contributed by atoms with Crippen LogP contribution in [0, 0.1) is 0 Å². The summed E-state index contributed by atoms with van der Waals surface area (Å²) in [6, 6.07) is -0.0816. The molecule has 0 aliphatic carbocycles. The van der Waals surface area contributed by atoms with Gasteiger partial charge in [0.2, 0.25) is 5.89 Å². The first-order valence-electron chi connectivity index (χ1n) is 8.13. The Hall–Kier alpha value is -1.59. The molecule has 1 saturated heterocycles. The first kappa shape index (κ1) is 15.8. The molecule has 0 aromatic carbocycles. The van der Waals surface area contributed by atoms with Gasteiger partial charge in [-0.1, -0.05) is 25.4 Å². The Kier molecular flexibility index (Phi) is 6.02. The van der Waals surface area contributed by atoms with Crippen molar-refractivity contribution < 1.29 is 9.32 Å². The topological polar surface area (TPSA) is 71.3 Å². The van der Waals surface area contributed by atoms with Gasteiger partial charge >= 0.3 is 6.03 Å². The van der Waals surface area contributed by atoms with Crippen LogP contribution < -0.4 is 5.32 Å². The third-order valence-electron chi connectivity index (χ3n) is 3.81. The number of unbranched alkanes of at least 4 members (excludes halogenated alkanes) is 1. The van der Waals surface area contributed by atoms with E-state index in [1.54, 1.807) is 0 Å². The molecular formula is C15H26N4O2. The minimum absolute atomic E-state index is 0.0107. The number of nitrogens with zero attached hydrogens (tertiary/aromatic N) is 3. The average Bonchev–Trinajstić information content (AvgIpc) is 2.96. The second-order valence-corrected chi connectivity index (χ2v) is 5.59. The zero-order chi connectivity index (χ0) is 15.1. The van der Waals surface area contributed by atoms with Gasteiger partial charge in [-0.3, -0.25) is 0 Å². The number of hydrogen-bond donors (Lipinski definition) is 1. The van der Waals surface area contributed by atoms with E-state index >= 15 is 0 Å². The number of carbonyl (C=O) groups excluding carboxylic acids is 1. The van der Waals surface area contributed by atoms with Gasteiger partial charge < -0.3 is 14.7 Å². The van der Waals surface area contributed by atoms with Crippen LogP contribution in [-0.4, -0.2) is 34.2 Å². The lowest BCUT2D eigenvalue weighted by Crippen LogP contribution is -2.45. The standard InChI is InChI=1S/C15H26N4O2/c1-3-5-10-16-15(20)19-11-7-6-9-12(19)14-17-13(8-4-2)18-21-14/h12H,3-11H2,1-2H3,(H,16,20)/t12-/m0/s1. The van der Waals surface area contributed by atoms with E-state index in [2.05, 4.69) is 29.3 Å². The molecular weight excluding hydrogens is 268 g/mol. The first-order chi connectivity index (χ1) is 10.3. The monoisotopic (exact) mass is 294 g/mol. The Bertz CT molecular complexity index is 447. The maximum atomic E-state index is 12.3. The molecule has 2 heterocycles. The Morgan fingerprint density at radius 3 is 3.00 bits per heavy atom. The second kappa shape index (κ2) is 8.00. The molecule has 6 nitrogen and oxygen atoms in total. The molecule has 0 radical (unpaired) electrons. The highest BCUT2D eigenvalue weighted by atomic mass is 16.5. The molecule has 1 N–H and O–H groups in total. The number of nitrogens with one attached hydrogen (secondary N) is 1. The number of likely N-dealkylation sites (tertiary alicyclic amines) is 1. The third kappa shape index (κ3) is 4.19. The summed E-state index contributed by atoms with van der Waals surface area (Å²) in [5.41, 5.74) is 0. The normalized spacial score (nSPS) is 18.8. The highest BCUT2D eigenvalue weighted by Crippen LogP contribution is 2.29. The Morgan fingerprint density at radius 2 is 2.24 bits per heavy atom. The summed E-state index contributed by atoms with van der Waals surface area (Å²) in [4.78, 5) is 18.6. The average molecular weight is 294 g/mol. The van der Waals surface area contributed by atoms with E-state index in [0.29, 0.717) is 5.89 Å². The lowest BCUT2D eigenvalue weighted by Gasteiger charge is -2.33. The Morgan fingerprint density at radius 1 is 1.38 bits per heavy atom. The minimum Gasteiger partial charge on any atom is -0.338 e. The number of aromatic nitrogens is 2. The SMILES string of the molecule is CCCCNC(=O)N1CCCC[C@H]1c1nc(CCC)no1. The quantitative estimate of drug-likeness (QED) is 0.818. The highest BCUT2D eigenvalue weighted by molar-refractivity contribution is 5.74. The highest BCUT2D eigenvalue weighted by Gasteiger charge is 2.31. The number of urea groups is 1. The van der Waals surface area contributed by atoms with Crippen LogP contribution >= 0.6 is 0 Å². The van der Waals surface area contributed by atoms with Crippen LogP contribution in [0.2, 0.25) is 0 Å². The Balaban J connectivity index is 2.01. The van der Waals surface area contributed by atoms with Gasteiger partial charge in [0.15, 0.2) is 5.82 Å². The van der Waals surface area contributed by atoms with Gasteiger partial charge in [0, 0.05) is 19.5 Å². The summed E-state index contributed by atoms with van der Waals surface area (Å²) in [6.45, 7) is 5.69. The van der Waals surface area contributed by atoms with Crippen molar-refractivity contribution in [2.24, 2.45) is 0 Å². The van der Waals surface area contributed by atoms with Crippen LogP contribution in [0.4, 0.5) is 4.79 Å². The smallest absolute Gasteiger partial charge is 0.318 e. The van der Waals surface area contributed by atoms with E-state index in [4.69, 9.17) is 4.52 Å². The largest absolute Gasteiger partial charge is 0.338 e. The number of rotatable bonds is 6. The summed E-state index contributed by atoms with van der Waals surface area (Å²) < 4.78 is 5.38. The third-order valence-corrected chi connectivity index (χ3v) is 3.81. The molecule has 1 atom stereocenters. The van der Waals surface area contributed by atoms with Crippen molar-refractivity contribution in [1.82, 2.24) is 20.4 Å². The molecule has 1 aliphatic rings. The number of carbonyl (C=O) groups is 1. The van der Waals surface area contributed by atoms with Crippen LogP contribution in [-0.2, 0) is 6.42 Å². The molecule has 1 fully saturated rings. The molecule has 6 heteroatoms. The van der Waals surface area contributed by atoms with E-state index in [1.165, 1.54) is 0 Å². The second-order valence-electron chi connectivity index (χ2n) is 5.59. The molecule has 0 saturated carbocycles. The maximum absolute atomic E-state index is 12.3. The molecule has 1 aromatic rings. The van der Waals surface area contributed by atoms with Crippen molar-refractivity contribution in [3.63, 3.8) is 0 Å². The summed E-state index contributed by atoms with van der Waals surface area (Å²) in [5, 5.41) is 6.99. The lowest BCUT2D eigenvalue weighted by atomic mass is 10.0. The summed E-state index contributed by atoms with van der Waals surface area (Å²) in [6.07, 6.45) is 6.92. The van der Waals surface area contributed by atoms with Crippen LogP contribution in [0.1, 0.15) is 70.1 Å². The summed E-state index contributed by atoms with van der Waals surface area (Å²) in [5.74, 6) is 1.33.